The first kappa shape index (κ1) is 27.7. The molecule has 0 aliphatic heterocycles. The molecule has 0 spiro atoms. The SMILES string of the molecule is CC(C)(C1=CC=CCCCC1)C1C=CC=C1.[Cl-].[Cl-].[K+].[K+]. The molecule has 0 aromatic rings. The van der Waals surface area contributed by atoms with Crippen molar-refractivity contribution < 1.29 is 128 Å². The molecule has 0 N–H and O–H groups in total. The Bertz CT molecular complexity index is 357. The molecule has 0 nitrogen and oxygen atoms in total. The number of hydrogen-bond acceptors (Lipinski definition) is 0. The molecule has 0 unspecified atom stereocenters. The van der Waals surface area contributed by atoms with Gasteiger partial charge in [-0.15, -0.1) is 0 Å². The number of allylic oxidation sites excluding steroid dienone is 8. The summed E-state index contributed by atoms with van der Waals surface area (Å²) in [6, 6.07) is 0. The molecule has 4 heteroatoms. The van der Waals surface area contributed by atoms with E-state index in [4.69, 9.17) is 0 Å². The van der Waals surface area contributed by atoms with Crippen molar-refractivity contribution in [2.45, 2.75) is 39.5 Å². The van der Waals surface area contributed by atoms with Crippen LogP contribution < -0.4 is 128 Å². The van der Waals surface area contributed by atoms with Crippen LogP contribution in [0.15, 0.2) is 48.1 Å². The second-order valence-electron chi connectivity index (χ2n) is 5.38. The van der Waals surface area contributed by atoms with E-state index in [1.165, 1.54) is 25.7 Å². The van der Waals surface area contributed by atoms with Gasteiger partial charge in [0.15, 0.2) is 0 Å². The van der Waals surface area contributed by atoms with E-state index < -0.39 is 0 Å². The summed E-state index contributed by atoms with van der Waals surface area (Å²) in [7, 11) is 0. The van der Waals surface area contributed by atoms with Gasteiger partial charge in [-0.3, -0.25) is 0 Å². The predicted octanol–water partition coefficient (Wildman–Crippen LogP) is -7.17. The second-order valence-corrected chi connectivity index (χ2v) is 5.38. The Morgan fingerprint density at radius 2 is 1.55 bits per heavy atom. The van der Waals surface area contributed by atoms with Crippen molar-refractivity contribution in [3.05, 3.63) is 48.1 Å². The largest absolute Gasteiger partial charge is 1.00 e. The van der Waals surface area contributed by atoms with Gasteiger partial charge in [0.25, 0.3) is 0 Å². The predicted molar refractivity (Wildman–Crippen MR) is 71.2 cm³/mol. The van der Waals surface area contributed by atoms with Gasteiger partial charge < -0.3 is 24.8 Å². The van der Waals surface area contributed by atoms with Crippen molar-refractivity contribution >= 4 is 0 Å². The van der Waals surface area contributed by atoms with Crippen LogP contribution in [0.4, 0.5) is 0 Å². The minimum atomic E-state index is 0. The van der Waals surface area contributed by atoms with Crippen molar-refractivity contribution in [2.75, 3.05) is 0 Å². The Morgan fingerprint density at radius 1 is 0.950 bits per heavy atom. The zero-order valence-electron chi connectivity index (χ0n) is 13.2. The molecule has 2 rings (SSSR count). The van der Waals surface area contributed by atoms with E-state index in [-0.39, 0.29) is 133 Å². The molecule has 0 aromatic heterocycles. The second kappa shape index (κ2) is 14.2. The molecule has 0 fully saturated rings. The minimum Gasteiger partial charge on any atom is -1.00 e. The van der Waals surface area contributed by atoms with E-state index >= 15 is 0 Å². The molecule has 102 valence electrons. The third kappa shape index (κ3) is 8.07. The van der Waals surface area contributed by atoms with Gasteiger partial charge in [0, 0.05) is 5.92 Å². The Morgan fingerprint density at radius 3 is 2.15 bits per heavy atom. The Balaban J connectivity index is -0.000000722. The molecule has 0 saturated heterocycles. The Hall–Kier alpha value is 2.81. The molecule has 0 amide bonds. The Kier molecular flexibility index (Phi) is 19.6. The first-order valence-corrected chi connectivity index (χ1v) is 6.42. The molecular formula is C16H22Cl2K2. The number of rotatable bonds is 2. The van der Waals surface area contributed by atoms with Gasteiger partial charge in [0.05, 0.1) is 0 Å². The summed E-state index contributed by atoms with van der Waals surface area (Å²) >= 11 is 0. The molecule has 0 saturated carbocycles. The summed E-state index contributed by atoms with van der Waals surface area (Å²) < 4.78 is 0. The Labute approximate surface area is 222 Å². The van der Waals surface area contributed by atoms with Crippen LogP contribution in [0.1, 0.15) is 39.5 Å². The molecule has 0 heterocycles. The van der Waals surface area contributed by atoms with Crippen LogP contribution >= 0.6 is 0 Å². The van der Waals surface area contributed by atoms with Crippen molar-refractivity contribution in [3.8, 4) is 0 Å². The van der Waals surface area contributed by atoms with Crippen LogP contribution in [0.3, 0.4) is 0 Å². The van der Waals surface area contributed by atoms with Crippen LogP contribution in [-0.2, 0) is 0 Å². The van der Waals surface area contributed by atoms with Gasteiger partial charge in [-0.1, -0.05) is 62.0 Å². The molecule has 20 heavy (non-hydrogen) atoms. The maximum absolute atomic E-state index is 2.37. The first-order chi connectivity index (χ1) is 7.71. The smallest absolute Gasteiger partial charge is 1.00 e. The van der Waals surface area contributed by atoms with Crippen LogP contribution in [0.2, 0.25) is 0 Å². The van der Waals surface area contributed by atoms with E-state index in [1.807, 2.05) is 0 Å². The summed E-state index contributed by atoms with van der Waals surface area (Å²) in [6.07, 6.45) is 21.1. The molecule has 2 aliphatic carbocycles. The summed E-state index contributed by atoms with van der Waals surface area (Å²) in [5.74, 6) is 0.576. The molecule has 2 aliphatic rings. The topological polar surface area (TPSA) is 0 Å². The average molecular weight is 363 g/mol. The summed E-state index contributed by atoms with van der Waals surface area (Å²) in [5.41, 5.74) is 1.87. The van der Waals surface area contributed by atoms with E-state index in [9.17, 15) is 0 Å². The molecule has 0 aromatic carbocycles. The van der Waals surface area contributed by atoms with Gasteiger partial charge in [0.1, 0.15) is 0 Å². The summed E-state index contributed by atoms with van der Waals surface area (Å²) in [6.45, 7) is 4.75. The molecule has 0 atom stereocenters. The van der Waals surface area contributed by atoms with Gasteiger partial charge in [-0.05, 0) is 31.1 Å². The average Bonchev–Trinajstić information content (AvgIpc) is 2.68. The van der Waals surface area contributed by atoms with Crippen molar-refractivity contribution in [1.82, 2.24) is 0 Å². The van der Waals surface area contributed by atoms with Gasteiger partial charge in [0.2, 0.25) is 0 Å². The van der Waals surface area contributed by atoms with Crippen molar-refractivity contribution in [3.63, 3.8) is 0 Å². The van der Waals surface area contributed by atoms with E-state index in [0.717, 1.165) is 0 Å². The third-order valence-electron chi connectivity index (χ3n) is 3.91. The monoisotopic (exact) mass is 362 g/mol. The normalized spacial score (nSPS) is 17.6. The molecule has 0 bridgehead atoms. The standard InChI is InChI=1S/C16H22.2ClH.2K/c1-16(2,15-12-8-9-13-15)14-10-6-4-3-5-7-11-14;;;;/h4,6,8-10,12-13,15H,3,5,7,11H2,1-2H3;2*1H;;/q;;;2*+1/p-2. The van der Waals surface area contributed by atoms with Crippen molar-refractivity contribution in [1.29, 1.82) is 0 Å². The first-order valence-electron chi connectivity index (χ1n) is 6.42. The fourth-order valence-corrected chi connectivity index (χ4v) is 2.61. The minimum absolute atomic E-state index is 0. The van der Waals surface area contributed by atoms with Crippen LogP contribution in [0.5, 0.6) is 0 Å². The molecule has 0 radical (unpaired) electrons. The zero-order valence-corrected chi connectivity index (χ0v) is 21.0. The molecular weight excluding hydrogens is 341 g/mol. The van der Waals surface area contributed by atoms with Crippen LogP contribution in [0.25, 0.3) is 0 Å². The number of hydrogen-bond donors (Lipinski definition) is 0. The fraction of sp³-hybridized carbons (Fsp3) is 0.500. The third-order valence-corrected chi connectivity index (χ3v) is 3.91. The maximum atomic E-state index is 2.37. The quantitative estimate of drug-likeness (QED) is 0.428. The number of halogens is 2. The van der Waals surface area contributed by atoms with Crippen LogP contribution in [0, 0.1) is 11.3 Å². The van der Waals surface area contributed by atoms with Gasteiger partial charge >= 0.3 is 103 Å². The summed E-state index contributed by atoms with van der Waals surface area (Å²) in [4.78, 5) is 0. The van der Waals surface area contributed by atoms with Crippen molar-refractivity contribution in [2.24, 2.45) is 11.3 Å². The zero-order chi connectivity index (χ0) is 11.4. The van der Waals surface area contributed by atoms with E-state index in [0.29, 0.717) is 5.92 Å². The van der Waals surface area contributed by atoms with Gasteiger partial charge in [-0.2, -0.15) is 0 Å². The fourth-order valence-electron chi connectivity index (χ4n) is 2.61. The van der Waals surface area contributed by atoms with E-state index in [1.54, 1.807) is 5.57 Å². The van der Waals surface area contributed by atoms with Gasteiger partial charge in [-0.25, -0.2) is 0 Å². The van der Waals surface area contributed by atoms with Crippen LogP contribution in [-0.4, -0.2) is 0 Å². The van der Waals surface area contributed by atoms with E-state index in [2.05, 4.69) is 56.4 Å². The maximum Gasteiger partial charge on any atom is 1.00 e. The summed E-state index contributed by atoms with van der Waals surface area (Å²) in [5, 5.41) is 0.